The summed E-state index contributed by atoms with van der Waals surface area (Å²) in [6.07, 6.45) is 0.914. The zero-order chi connectivity index (χ0) is 13.8. The summed E-state index contributed by atoms with van der Waals surface area (Å²) in [5.74, 6) is 1.37. The van der Waals surface area contributed by atoms with Crippen LogP contribution in [0.4, 0.5) is 0 Å². The molecule has 2 aromatic carbocycles. The van der Waals surface area contributed by atoms with E-state index in [2.05, 4.69) is 22.9 Å². The smallest absolute Gasteiger partial charge is 0.147 e. The van der Waals surface area contributed by atoms with E-state index in [1.807, 2.05) is 36.4 Å². The Labute approximate surface area is 126 Å². The highest BCUT2D eigenvalue weighted by atomic mass is 79.9. The maximum Gasteiger partial charge on any atom is 0.147 e. The third kappa shape index (κ3) is 3.72. The molecule has 2 rings (SSSR count). The first kappa shape index (κ1) is 14.4. The van der Waals surface area contributed by atoms with Crippen molar-refractivity contribution in [1.82, 2.24) is 0 Å². The van der Waals surface area contributed by atoms with Gasteiger partial charge in [-0.1, -0.05) is 46.6 Å². The minimum Gasteiger partial charge on any atom is -0.456 e. The van der Waals surface area contributed by atoms with Gasteiger partial charge in [0.1, 0.15) is 11.5 Å². The van der Waals surface area contributed by atoms with Crippen LogP contribution in [-0.4, -0.2) is 0 Å². The van der Waals surface area contributed by atoms with E-state index in [4.69, 9.17) is 22.1 Å². The highest BCUT2D eigenvalue weighted by Crippen LogP contribution is 2.32. The molecule has 100 valence electrons. The van der Waals surface area contributed by atoms with Crippen LogP contribution in [0.3, 0.4) is 0 Å². The van der Waals surface area contributed by atoms with Gasteiger partial charge in [0, 0.05) is 10.5 Å². The summed E-state index contributed by atoms with van der Waals surface area (Å²) < 4.78 is 6.68. The van der Waals surface area contributed by atoms with Gasteiger partial charge in [0.05, 0.1) is 5.02 Å². The zero-order valence-electron chi connectivity index (χ0n) is 10.6. The molecule has 0 saturated carbocycles. The monoisotopic (exact) mass is 339 g/mol. The molecule has 1 atom stereocenters. The Morgan fingerprint density at radius 3 is 2.53 bits per heavy atom. The Bertz CT molecular complexity index is 557. The van der Waals surface area contributed by atoms with Crippen LogP contribution in [-0.2, 0) is 0 Å². The third-order valence-electron chi connectivity index (χ3n) is 2.87. The largest absolute Gasteiger partial charge is 0.456 e. The van der Waals surface area contributed by atoms with Crippen molar-refractivity contribution in [2.75, 3.05) is 0 Å². The second-order valence-corrected chi connectivity index (χ2v) is 5.58. The van der Waals surface area contributed by atoms with Crippen LogP contribution in [0.15, 0.2) is 46.9 Å². The van der Waals surface area contributed by atoms with Crippen molar-refractivity contribution in [3.8, 4) is 11.5 Å². The SMILES string of the molecule is CC[C@H](N)c1ccc(Oc2cc(Br)ccc2Cl)cc1. The summed E-state index contributed by atoms with van der Waals surface area (Å²) in [4.78, 5) is 0. The van der Waals surface area contributed by atoms with Crippen molar-refractivity contribution in [2.45, 2.75) is 19.4 Å². The Morgan fingerprint density at radius 1 is 1.21 bits per heavy atom. The van der Waals surface area contributed by atoms with E-state index in [0.29, 0.717) is 10.8 Å². The number of rotatable bonds is 4. The van der Waals surface area contributed by atoms with Crippen molar-refractivity contribution in [3.05, 3.63) is 57.5 Å². The van der Waals surface area contributed by atoms with Gasteiger partial charge in [-0.2, -0.15) is 0 Å². The molecule has 0 bridgehead atoms. The first-order chi connectivity index (χ1) is 9.10. The van der Waals surface area contributed by atoms with E-state index in [1.54, 1.807) is 6.07 Å². The van der Waals surface area contributed by atoms with Gasteiger partial charge in [-0.3, -0.25) is 0 Å². The Balaban J connectivity index is 2.17. The van der Waals surface area contributed by atoms with Crippen LogP contribution < -0.4 is 10.5 Å². The highest BCUT2D eigenvalue weighted by molar-refractivity contribution is 9.10. The summed E-state index contributed by atoms with van der Waals surface area (Å²) in [5, 5.41) is 0.581. The Hall–Kier alpha value is -1.03. The first-order valence-electron chi connectivity index (χ1n) is 6.08. The molecular formula is C15H15BrClNO. The molecule has 0 unspecified atom stereocenters. The standard InChI is InChI=1S/C15H15BrClNO/c1-2-14(18)10-3-6-12(7-4-10)19-15-9-11(16)5-8-13(15)17/h3-9,14H,2,18H2,1H3/t14-/m0/s1. The third-order valence-corrected chi connectivity index (χ3v) is 3.67. The molecule has 0 aromatic heterocycles. The Morgan fingerprint density at radius 2 is 1.89 bits per heavy atom. The quantitative estimate of drug-likeness (QED) is 0.819. The fourth-order valence-electron chi connectivity index (χ4n) is 1.70. The molecule has 0 fully saturated rings. The van der Waals surface area contributed by atoms with Crippen LogP contribution in [0.1, 0.15) is 24.9 Å². The normalized spacial score (nSPS) is 12.2. The molecule has 2 N–H and O–H groups in total. The van der Waals surface area contributed by atoms with Gasteiger partial charge in [-0.05, 0) is 42.3 Å². The predicted molar refractivity (Wildman–Crippen MR) is 82.9 cm³/mol. The maximum atomic E-state index is 6.08. The maximum absolute atomic E-state index is 6.08. The second-order valence-electron chi connectivity index (χ2n) is 4.26. The highest BCUT2D eigenvalue weighted by Gasteiger charge is 2.06. The van der Waals surface area contributed by atoms with E-state index >= 15 is 0 Å². The fraction of sp³-hybridized carbons (Fsp3) is 0.200. The number of hydrogen-bond acceptors (Lipinski definition) is 2. The summed E-state index contributed by atoms with van der Waals surface area (Å²) in [7, 11) is 0. The predicted octanol–water partition coefficient (Wildman–Crippen LogP) is 5.30. The molecule has 0 heterocycles. The molecule has 2 aromatic rings. The summed E-state index contributed by atoms with van der Waals surface area (Å²) in [6, 6.07) is 13.4. The number of halogens is 2. The summed E-state index contributed by atoms with van der Waals surface area (Å²) >= 11 is 9.48. The van der Waals surface area contributed by atoms with E-state index < -0.39 is 0 Å². The number of ether oxygens (including phenoxy) is 1. The minimum absolute atomic E-state index is 0.0727. The lowest BCUT2D eigenvalue weighted by Gasteiger charge is -2.11. The van der Waals surface area contributed by atoms with Crippen molar-refractivity contribution >= 4 is 27.5 Å². The lowest BCUT2D eigenvalue weighted by molar-refractivity contribution is 0.482. The average molecular weight is 341 g/mol. The molecule has 4 heteroatoms. The lowest BCUT2D eigenvalue weighted by Crippen LogP contribution is -2.07. The Kier molecular flexibility index (Phi) is 4.86. The van der Waals surface area contributed by atoms with E-state index in [9.17, 15) is 0 Å². The minimum atomic E-state index is 0.0727. The van der Waals surface area contributed by atoms with Gasteiger partial charge >= 0.3 is 0 Å². The molecule has 2 nitrogen and oxygen atoms in total. The number of hydrogen-bond donors (Lipinski definition) is 1. The molecule has 0 spiro atoms. The van der Waals surface area contributed by atoms with Crippen molar-refractivity contribution in [1.29, 1.82) is 0 Å². The summed E-state index contributed by atoms with van der Waals surface area (Å²) in [6.45, 7) is 2.07. The number of benzene rings is 2. The van der Waals surface area contributed by atoms with Crippen LogP contribution in [0.2, 0.25) is 5.02 Å². The van der Waals surface area contributed by atoms with Gasteiger partial charge in [0.15, 0.2) is 0 Å². The van der Waals surface area contributed by atoms with Gasteiger partial charge in [0.2, 0.25) is 0 Å². The van der Waals surface area contributed by atoms with Crippen molar-refractivity contribution in [3.63, 3.8) is 0 Å². The molecule has 0 saturated heterocycles. The number of nitrogens with two attached hydrogens (primary N) is 1. The molecule has 0 aliphatic carbocycles. The van der Waals surface area contributed by atoms with Crippen molar-refractivity contribution in [2.24, 2.45) is 5.73 Å². The van der Waals surface area contributed by atoms with Gasteiger partial charge < -0.3 is 10.5 Å². The average Bonchev–Trinajstić information content (AvgIpc) is 2.43. The molecule has 0 aliphatic heterocycles. The van der Waals surface area contributed by atoms with Crippen LogP contribution in [0.5, 0.6) is 11.5 Å². The lowest BCUT2D eigenvalue weighted by atomic mass is 10.1. The molecular weight excluding hydrogens is 326 g/mol. The zero-order valence-corrected chi connectivity index (χ0v) is 12.9. The van der Waals surface area contributed by atoms with E-state index in [1.165, 1.54) is 0 Å². The summed E-state index contributed by atoms with van der Waals surface area (Å²) in [5.41, 5.74) is 7.08. The van der Waals surface area contributed by atoms with Crippen molar-refractivity contribution < 1.29 is 4.74 Å². The van der Waals surface area contributed by atoms with Gasteiger partial charge in [-0.15, -0.1) is 0 Å². The first-order valence-corrected chi connectivity index (χ1v) is 7.25. The van der Waals surface area contributed by atoms with Crippen LogP contribution >= 0.6 is 27.5 Å². The van der Waals surface area contributed by atoms with Gasteiger partial charge in [0.25, 0.3) is 0 Å². The second kappa shape index (κ2) is 6.42. The molecule has 0 amide bonds. The topological polar surface area (TPSA) is 35.2 Å². The molecule has 0 radical (unpaired) electrons. The van der Waals surface area contributed by atoms with Crippen LogP contribution in [0.25, 0.3) is 0 Å². The van der Waals surface area contributed by atoms with E-state index in [-0.39, 0.29) is 6.04 Å². The molecule has 19 heavy (non-hydrogen) atoms. The fourth-order valence-corrected chi connectivity index (χ4v) is 2.20. The van der Waals surface area contributed by atoms with Gasteiger partial charge in [-0.25, -0.2) is 0 Å². The molecule has 0 aliphatic rings. The van der Waals surface area contributed by atoms with E-state index in [0.717, 1.165) is 22.2 Å². The van der Waals surface area contributed by atoms with Crippen LogP contribution in [0, 0.1) is 0 Å².